The average molecular weight is 199 g/mol. The third-order valence-corrected chi connectivity index (χ3v) is 2.92. The summed E-state index contributed by atoms with van der Waals surface area (Å²) in [6.07, 6.45) is 0.645. The summed E-state index contributed by atoms with van der Waals surface area (Å²) in [5.41, 5.74) is 5.55. The molecule has 0 radical (unpaired) electrons. The van der Waals surface area contributed by atoms with Gasteiger partial charge in [0, 0.05) is 26.1 Å². The summed E-state index contributed by atoms with van der Waals surface area (Å²) in [6, 6.07) is 0. The molecule has 1 unspecified atom stereocenters. The second-order valence-corrected chi connectivity index (χ2v) is 4.04. The van der Waals surface area contributed by atoms with Crippen molar-refractivity contribution in [3.05, 3.63) is 0 Å². The van der Waals surface area contributed by atoms with Crippen LogP contribution in [-0.2, 0) is 4.79 Å². The van der Waals surface area contributed by atoms with Crippen molar-refractivity contribution in [1.29, 1.82) is 0 Å². The quantitative estimate of drug-likeness (QED) is 0.664. The van der Waals surface area contributed by atoms with E-state index in [0.717, 1.165) is 26.2 Å². The Balaban J connectivity index is 2.28. The SMILES string of the molecule is CCN(C)CCN1CC(CN)CC1=O. The van der Waals surface area contributed by atoms with E-state index in [2.05, 4.69) is 18.9 Å². The first-order chi connectivity index (χ1) is 6.67. The molecule has 1 amide bonds. The standard InChI is InChI=1S/C10H21N3O/c1-3-12(2)4-5-13-8-9(7-11)6-10(13)14/h9H,3-8,11H2,1-2H3. The van der Waals surface area contributed by atoms with Crippen molar-refractivity contribution in [3.8, 4) is 0 Å². The number of carbonyl (C=O) groups excluding carboxylic acids is 1. The van der Waals surface area contributed by atoms with Crippen LogP contribution in [0.4, 0.5) is 0 Å². The number of hydrogen-bond acceptors (Lipinski definition) is 3. The predicted molar refractivity (Wildman–Crippen MR) is 56.9 cm³/mol. The van der Waals surface area contributed by atoms with Gasteiger partial charge in [-0.15, -0.1) is 0 Å². The minimum Gasteiger partial charge on any atom is -0.341 e. The van der Waals surface area contributed by atoms with Gasteiger partial charge in [-0.05, 0) is 26.1 Å². The molecule has 0 aromatic heterocycles. The van der Waals surface area contributed by atoms with Crippen LogP contribution in [0, 0.1) is 5.92 Å². The van der Waals surface area contributed by atoms with Crippen LogP contribution in [0.2, 0.25) is 0 Å². The highest BCUT2D eigenvalue weighted by Crippen LogP contribution is 2.15. The van der Waals surface area contributed by atoms with E-state index >= 15 is 0 Å². The van der Waals surface area contributed by atoms with Crippen LogP contribution in [0.1, 0.15) is 13.3 Å². The lowest BCUT2D eigenvalue weighted by atomic mass is 10.1. The Hall–Kier alpha value is -0.610. The average Bonchev–Trinajstić information content (AvgIpc) is 2.55. The van der Waals surface area contributed by atoms with Crippen LogP contribution < -0.4 is 5.73 Å². The summed E-state index contributed by atoms with van der Waals surface area (Å²) >= 11 is 0. The minimum atomic E-state index is 0.268. The molecule has 0 saturated carbocycles. The molecule has 82 valence electrons. The summed E-state index contributed by atoms with van der Waals surface area (Å²) in [5, 5.41) is 0. The lowest BCUT2D eigenvalue weighted by Crippen LogP contribution is -2.34. The van der Waals surface area contributed by atoms with Crippen LogP contribution in [0.3, 0.4) is 0 Å². The van der Waals surface area contributed by atoms with Gasteiger partial charge >= 0.3 is 0 Å². The normalized spacial score (nSPS) is 22.4. The fourth-order valence-electron chi connectivity index (χ4n) is 1.68. The molecule has 4 nitrogen and oxygen atoms in total. The molecule has 0 spiro atoms. The number of likely N-dealkylation sites (tertiary alicyclic amines) is 1. The molecule has 2 N–H and O–H groups in total. The third kappa shape index (κ3) is 2.96. The Morgan fingerprint density at radius 1 is 1.64 bits per heavy atom. The highest BCUT2D eigenvalue weighted by Gasteiger charge is 2.27. The van der Waals surface area contributed by atoms with E-state index in [9.17, 15) is 4.79 Å². The molecule has 0 aromatic rings. The molecule has 1 fully saturated rings. The zero-order valence-corrected chi connectivity index (χ0v) is 9.20. The van der Waals surface area contributed by atoms with Gasteiger partial charge in [-0.1, -0.05) is 6.92 Å². The maximum atomic E-state index is 11.5. The number of likely N-dealkylation sites (N-methyl/N-ethyl adjacent to an activating group) is 1. The summed E-state index contributed by atoms with van der Waals surface area (Å²) in [6.45, 7) is 6.44. The van der Waals surface area contributed by atoms with E-state index in [1.54, 1.807) is 0 Å². The Bertz CT molecular complexity index is 196. The number of rotatable bonds is 5. The molecule has 1 aliphatic heterocycles. The maximum absolute atomic E-state index is 11.5. The van der Waals surface area contributed by atoms with Gasteiger partial charge in [0.2, 0.25) is 5.91 Å². The van der Waals surface area contributed by atoms with Gasteiger partial charge in [-0.3, -0.25) is 4.79 Å². The molecule has 14 heavy (non-hydrogen) atoms. The van der Waals surface area contributed by atoms with Gasteiger partial charge in [0.1, 0.15) is 0 Å². The van der Waals surface area contributed by atoms with E-state index in [4.69, 9.17) is 5.73 Å². The molecule has 1 heterocycles. The Labute approximate surface area is 86.0 Å². The zero-order chi connectivity index (χ0) is 10.6. The van der Waals surface area contributed by atoms with E-state index in [1.807, 2.05) is 4.90 Å². The smallest absolute Gasteiger partial charge is 0.223 e. The van der Waals surface area contributed by atoms with Crippen LogP contribution in [0.15, 0.2) is 0 Å². The highest BCUT2D eigenvalue weighted by molar-refractivity contribution is 5.78. The Morgan fingerprint density at radius 3 is 2.86 bits per heavy atom. The minimum absolute atomic E-state index is 0.268. The van der Waals surface area contributed by atoms with Crippen molar-refractivity contribution in [1.82, 2.24) is 9.80 Å². The van der Waals surface area contributed by atoms with Crippen molar-refractivity contribution < 1.29 is 4.79 Å². The number of carbonyl (C=O) groups is 1. The second kappa shape index (κ2) is 5.32. The van der Waals surface area contributed by atoms with E-state index in [1.165, 1.54) is 0 Å². The van der Waals surface area contributed by atoms with Gasteiger partial charge in [0.15, 0.2) is 0 Å². The molecule has 1 aliphatic rings. The number of nitrogens with two attached hydrogens (primary N) is 1. The van der Waals surface area contributed by atoms with Gasteiger partial charge in [0.05, 0.1) is 0 Å². The van der Waals surface area contributed by atoms with Crippen molar-refractivity contribution in [2.24, 2.45) is 11.7 Å². The second-order valence-electron chi connectivity index (χ2n) is 4.04. The fourth-order valence-corrected chi connectivity index (χ4v) is 1.68. The lowest BCUT2D eigenvalue weighted by Gasteiger charge is -2.20. The lowest BCUT2D eigenvalue weighted by molar-refractivity contribution is -0.127. The van der Waals surface area contributed by atoms with Gasteiger partial charge in [-0.2, -0.15) is 0 Å². The maximum Gasteiger partial charge on any atom is 0.223 e. The summed E-state index contributed by atoms with van der Waals surface area (Å²) in [4.78, 5) is 15.6. The van der Waals surface area contributed by atoms with Crippen molar-refractivity contribution in [3.63, 3.8) is 0 Å². The number of nitrogens with zero attached hydrogens (tertiary/aromatic N) is 2. The van der Waals surface area contributed by atoms with Crippen LogP contribution in [-0.4, -0.2) is 55.5 Å². The Morgan fingerprint density at radius 2 is 2.36 bits per heavy atom. The van der Waals surface area contributed by atoms with Crippen molar-refractivity contribution in [2.75, 3.05) is 39.8 Å². The molecule has 1 atom stereocenters. The molecule has 0 aromatic carbocycles. The summed E-state index contributed by atoms with van der Waals surface area (Å²) in [7, 11) is 2.07. The van der Waals surface area contributed by atoms with E-state index in [-0.39, 0.29) is 5.91 Å². The number of hydrogen-bond donors (Lipinski definition) is 1. The van der Waals surface area contributed by atoms with Crippen molar-refractivity contribution >= 4 is 5.91 Å². The molecular weight excluding hydrogens is 178 g/mol. The molecule has 1 rings (SSSR count). The first-order valence-corrected chi connectivity index (χ1v) is 5.33. The van der Waals surface area contributed by atoms with Crippen LogP contribution in [0.5, 0.6) is 0 Å². The van der Waals surface area contributed by atoms with Crippen LogP contribution in [0.25, 0.3) is 0 Å². The van der Waals surface area contributed by atoms with E-state index < -0.39 is 0 Å². The summed E-state index contributed by atoms with van der Waals surface area (Å²) < 4.78 is 0. The third-order valence-electron chi connectivity index (χ3n) is 2.92. The monoisotopic (exact) mass is 199 g/mol. The first-order valence-electron chi connectivity index (χ1n) is 5.33. The fraction of sp³-hybridized carbons (Fsp3) is 0.900. The van der Waals surface area contributed by atoms with Gasteiger partial charge in [0.25, 0.3) is 0 Å². The van der Waals surface area contributed by atoms with Crippen LogP contribution >= 0.6 is 0 Å². The molecule has 4 heteroatoms. The molecule has 0 aliphatic carbocycles. The first kappa shape index (κ1) is 11.5. The van der Waals surface area contributed by atoms with Gasteiger partial charge in [-0.25, -0.2) is 0 Å². The van der Waals surface area contributed by atoms with Crippen molar-refractivity contribution in [2.45, 2.75) is 13.3 Å². The molecular formula is C10H21N3O. The van der Waals surface area contributed by atoms with Gasteiger partial charge < -0.3 is 15.5 Å². The highest BCUT2D eigenvalue weighted by atomic mass is 16.2. The topological polar surface area (TPSA) is 49.6 Å². The summed E-state index contributed by atoms with van der Waals surface area (Å²) in [5.74, 6) is 0.652. The molecule has 1 saturated heterocycles. The molecule has 0 bridgehead atoms. The predicted octanol–water partition coefficient (Wildman–Crippen LogP) is -0.255. The Kier molecular flexibility index (Phi) is 4.35. The van der Waals surface area contributed by atoms with E-state index in [0.29, 0.717) is 18.9 Å². The largest absolute Gasteiger partial charge is 0.341 e. The zero-order valence-electron chi connectivity index (χ0n) is 9.20. The number of amides is 1.